The summed E-state index contributed by atoms with van der Waals surface area (Å²) in [6.45, 7) is 0. The van der Waals surface area contributed by atoms with E-state index < -0.39 is 11.2 Å². The molecule has 1 aromatic carbocycles. The molecule has 1 aromatic heterocycles. The summed E-state index contributed by atoms with van der Waals surface area (Å²) in [6, 6.07) is 7.52. The highest BCUT2D eigenvalue weighted by atomic mass is 16.3. The molecule has 0 bridgehead atoms. The maximum absolute atomic E-state index is 12.0. The van der Waals surface area contributed by atoms with E-state index in [1.165, 1.54) is 4.57 Å². The Bertz CT molecular complexity index is 946. The third kappa shape index (κ3) is 1.92. The average molecular weight is 295 g/mol. The smallest absolute Gasteiger partial charge is 0.331 e. The molecule has 2 aromatic rings. The number of aromatic amines is 1. The van der Waals surface area contributed by atoms with E-state index in [1.807, 2.05) is 24.3 Å². The molecule has 6 heteroatoms. The molecule has 0 spiro atoms. The second-order valence-electron chi connectivity index (χ2n) is 5.47. The molecule has 2 N–H and O–H groups in total. The van der Waals surface area contributed by atoms with Crippen molar-refractivity contribution in [2.24, 2.45) is 4.99 Å². The van der Waals surface area contributed by atoms with E-state index >= 15 is 0 Å². The molecule has 6 nitrogen and oxygen atoms in total. The van der Waals surface area contributed by atoms with Crippen LogP contribution in [0.4, 0.5) is 5.69 Å². The summed E-state index contributed by atoms with van der Waals surface area (Å²) in [7, 11) is 0. The van der Waals surface area contributed by atoms with Crippen LogP contribution in [-0.4, -0.2) is 20.9 Å². The zero-order valence-electron chi connectivity index (χ0n) is 11.6. The minimum absolute atomic E-state index is 0.0222. The van der Waals surface area contributed by atoms with E-state index in [0.717, 1.165) is 29.7 Å². The zero-order valence-corrected chi connectivity index (χ0v) is 11.6. The lowest BCUT2D eigenvalue weighted by atomic mass is 10.1. The fourth-order valence-corrected chi connectivity index (χ4v) is 2.66. The Morgan fingerprint density at radius 3 is 2.82 bits per heavy atom. The molecule has 0 unspecified atom stereocenters. The van der Waals surface area contributed by atoms with Crippen molar-refractivity contribution in [3.05, 3.63) is 56.2 Å². The van der Waals surface area contributed by atoms with E-state index in [0.29, 0.717) is 0 Å². The number of nitrogens with zero attached hydrogens (tertiary/aromatic N) is 2. The average Bonchev–Trinajstić information content (AvgIpc) is 3.24. The highest BCUT2D eigenvalue weighted by Crippen LogP contribution is 2.37. The number of aromatic nitrogens is 2. The highest BCUT2D eigenvalue weighted by molar-refractivity contribution is 6.21. The molecule has 1 fully saturated rings. The molecular weight excluding hydrogens is 282 g/mol. The normalized spacial score (nSPS) is 17.9. The first-order valence-corrected chi connectivity index (χ1v) is 7.08. The molecule has 1 aliphatic heterocycles. The number of allylic oxidation sites excluding steroid dienone is 1. The topological polar surface area (TPSA) is 87.5 Å². The third-order valence-electron chi connectivity index (χ3n) is 3.92. The number of benzene rings is 1. The Hall–Kier alpha value is -2.89. The molecule has 0 saturated heterocycles. The molecular formula is C16H13N3O3. The van der Waals surface area contributed by atoms with Gasteiger partial charge in [0, 0.05) is 23.4 Å². The van der Waals surface area contributed by atoms with Gasteiger partial charge in [0.2, 0.25) is 5.88 Å². The number of rotatable bonds is 2. The van der Waals surface area contributed by atoms with Crippen LogP contribution in [0.5, 0.6) is 5.88 Å². The van der Waals surface area contributed by atoms with E-state index in [9.17, 15) is 14.7 Å². The number of hydrogen-bond donors (Lipinski definition) is 2. The van der Waals surface area contributed by atoms with Gasteiger partial charge in [0.25, 0.3) is 5.56 Å². The summed E-state index contributed by atoms with van der Waals surface area (Å²) in [5.41, 5.74) is 1.38. The molecule has 4 rings (SSSR count). The second-order valence-corrected chi connectivity index (χ2v) is 5.47. The maximum Gasteiger partial charge on any atom is 0.331 e. The lowest BCUT2D eigenvalue weighted by molar-refractivity contribution is 0.401. The molecule has 110 valence electrons. The predicted molar refractivity (Wildman–Crippen MR) is 83.7 cm³/mol. The first-order valence-electron chi connectivity index (χ1n) is 7.08. The van der Waals surface area contributed by atoms with Gasteiger partial charge in [-0.1, -0.05) is 18.2 Å². The Balaban J connectivity index is 1.90. The lowest BCUT2D eigenvalue weighted by Gasteiger charge is -2.08. The minimum Gasteiger partial charge on any atom is -0.494 e. The molecule has 0 radical (unpaired) electrons. The van der Waals surface area contributed by atoms with Crippen molar-refractivity contribution in [1.82, 2.24) is 9.55 Å². The third-order valence-corrected chi connectivity index (χ3v) is 3.92. The number of nitrogens with one attached hydrogen (secondary N) is 1. The number of para-hydroxylation sites is 1. The van der Waals surface area contributed by atoms with Crippen molar-refractivity contribution < 1.29 is 5.11 Å². The fourth-order valence-electron chi connectivity index (χ4n) is 2.66. The molecule has 0 atom stereocenters. The van der Waals surface area contributed by atoms with Crippen LogP contribution in [0.1, 0.15) is 30.0 Å². The summed E-state index contributed by atoms with van der Waals surface area (Å²) in [5, 5.41) is 10.3. The first kappa shape index (κ1) is 12.8. The van der Waals surface area contributed by atoms with Crippen LogP contribution in [0.2, 0.25) is 0 Å². The Morgan fingerprint density at radius 1 is 1.27 bits per heavy atom. The van der Waals surface area contributed by atoms with E-state index in [1.54, 1.807) is 12.3 Å². The van der Waals surface area contributed by atoms with Crippen molar-refractivity contribution in [1.29, 1.82) is 0 Å². The monoisotopic (exact) mass is 295 g/mol. The van der Waals surface area contributed by atoms with Crippen LogP contribution in [0.3, 0.4) is 0 Å². The Morgan fingerprint density at radius 2 is 2.05 bits per heavy atom. The van der Waals surface area contributed by atoms with Crippen molar-refractivity contribution in [2.45, 2.75) is 18.9 Å². The number of aliphatic imine (C=N–C) groups is 1. The van der Waals surface area contributed by atoms with Gasteiger partial charge in [-0.05, 0) is 25.0 Å². The van der Waals surface area contributed by atoms with Crippen molar-refractivity contribution in [3.63, 3.8) is 0 Å². The van der Waals surface area contributed by atoms with E-state index in [2.05, 4.69) is 9.98 Å². The Labute approximate surface area is 125 Å². The SMILES string of the molecule is O=c1[nH]c(=O)n(C2CC2)c(O)c1/C=C1\C=Nc2ccccc21. The number of H-pyrrole nitrogens is 1. The van der Waals surface area contributed by atoms with Gasteiger partial charge in [-0.25, -0.2) is 4.79 Å². The summed E-state index contributed by atoms with van der Waals surface area (Å²) >= 11 is 0. The zero-order chi connectivity index (χ0) is 15.3. The van der Waals surface area contributed by atoms with Crippen LogP contribution < -0.4 is 11.2 Å². The van der Waals surface area contributed by atoms with Gasteiger partial charge in [-0.2, -0.15) is 0 Å². The predicted octanol–water partition coefficient (Wildman–Crippen LogP) is 1.83. The summed E-state index contributed by atoms with van der Waals surface area (Å²) in [5.74, 6) is -0.276. The molecule has 0 amide bonds. The number of aromatic hydroxyl groups is 1. The minimum atomic E-state index is -0.593. The second kappa shape index (κ2) is 4.56. The molecule has 22 heavy (non-hydrogen) atoms. The van der Waals surface area contributed by atoms with Crippen LogP contribution >= 0.6 is 0 Å². The molecule has 2 aliphatic rings. The van der Waals surface area contributed by atoms with Crippen LogP contribution in [0, 0.1) is 0 Å². The van der Waals surface area contributed by atoms with Gasteiger partial charge in [0.15, 0.2) is 0 Å². The van der Waals surface area contributed by atoms with Gasteiger partial charge in [0.05, 0.1) is 5.69 Å². The van der Waals surface area contributed by atoms with E-state index in [4.69, 9.17) is 0 Å². The number of fused-ring (bicyclic) bond motifs is 1. The first-order chi connectivity index (χ1) is 10.6. The van der Waals surface area contributed by atoms with Gasteiger partial charge in [0.1, 0.15) is 5.56 Å². The van der Waals surface area contributed by atoms with E-state index in [-0.39, 0.29) is 17.5 Å². The highest BCUT2D eigenvalue weighted by Gasteiger charge is 2.29. The van der Waals surface area contributed by atoms with Crippen molar-refractivity contribution >= 4 is 23.6 Å². The summed E-state index contributed by atoms with van der Waals surface area (Å²) in [4.78, 5) is 30.4. The van der Waals surface area contributed by atoms with Crippen molar-refractivity contribution in [2.75, 3.05) is 0 Å². The Kier molecular flexibility index (Phi) is 2.66. The number of hydrogen-bond acceptors (Lipinski definition) is 4. The standard InChI is InChI=1S/C16H13N3O3/c20-14-12(15(21)19(10-5-6-10)16(22)18-14)7-9-8-17-13-4-2-1-3-11(9)13/h1-4,7-8,10,21H,5-6H2,(H,18,20,22)/b9-7+. The maximum atomic E-state index is 12.0. The molecule has 2 heterocycles. The van der Waals surface area contributed by atoms with Crippen molar-refractivity contribution in [3.8, 4) is 5.88 Å². The summed E-state index contributed by atoms with van der Waals surface area (Å²) in [6.07, 6.45) is 4.89. The quantitative estimate of drug-likeness (QED) is 0.886. The van der Waals surface area contributed by atoms with Crippen LogP contribution in [0.15, 0.2) is 38.8 Å². The molecule has 1 aliphatic carbocycles. The summed E-state index contributed by atoms with van der Waals surface area (Å²) < 4.78 is 1.26. The van der Waals surface area contributed by atoms with Gasteiger partial charge in [-0.3, -0.25) is 19.3 Å². The van der Waals surface area contributed by atoms with Gasteiger partial charge >= 0.3 is 5.69 Å². The molecule has 1 saturated carbocycles. The van der Waals surface area contributed by atoms with Gasteiger partial charge in [-0.15, -0.1) is 0 Å². The van der Waals surface area contributed by atoms with Crippen LogP contribution in [0.25, 0.3) is 11.6 Å². The van der Waals surface area contributed by atoms with Gasteiger partial charge < -0.3 is 5.11 Å². The lowest BCUT2D eigenvalue weighted by Crippen LogP contribution is -2.30. The van der Waals surface area contributed by atoms with Crippen LogP contribution in [-0.2, 0) is 0 Å². The largest absolute Gasteiger partial charge is 0.494 e. The fraction of sp³-hybridized carbons (Fsp3) is 0.188.